The third-order valence-corrected chi connectivity index (χ3v) is 3.03. The molecule has 1 unspecified atom stereocenters. The van der Waals surface area contributed by atoms with E-state index >= 15 is 0 Å². The van der Waals surface area contributed by atoms with Crippen molar-refractivity contribution in [2.45, 2.75) is 19.3 Å². The van der Waals surface area contributed by atoms with Gasteiger partial charge in [-0.3, -0.25) is 4.98 Å². The molecular weight excluding hydrogens is 196 g/mol. The van der Waals surface area contributed by atoms with Gasteiger partial charge in [-0.1, -0.05) is 25.1 Å². The third kappa shape index (κ3) is 2.22. The summed E-state index contributed by atoms with van der Waals surface area (Å²) in [7, 11) is 2.00. The number of para-hydroxylation sites is 1. The number of rotatable bonds is 4. The smallest absolute Gasteiger partial charge is 0.0702 e. The number of hydrogen-bond donors (Lipinski definition) is 1. The van der Waals surface area contributed by atoms with Crippen molar-refractivity contribution in [3.63, 3.8) is 0 Å². The van der Waals surface area contributed by atoms with Crippen LogP contribution in [0.2, 0.25) is 0 Å². The first-order valence-corrected chi connectivity index (χ1v) is 5.84. The van der Waals surface area contributed by atoms with Gasteiger partial charge in [-0.2, -0.15) is 0 Å². The number of benzene rings is 1. The molecule has 0 fully saturated rings. The number of pyridine rings is 1. The summed E-state index contributed by atoms with van der Waals surface area (Å²) in [6.07, 6.45) is 3.15. The highest BCUT2D eigenvalue weighted by Gasteiger charge is 2.09. The second kappa shape index (κ2) is 5.08. The van der Waals surface area contributed by atoms with Crippen molar-refractivity contribution in [1.29, 1.82) is 0 Å². The molecule has 84 valence electrons. The minimum Gasteiger partial charge on any atom is -0.319 e. The zero-order valence-corrected chi connectivity index (χ0v) is 9.90. The van der Waals surface area contributed by atoms with E-state index in [1.165, 1.54) is 10.9 Å². The standard InChI is InChI=1S/C14H18N2/c1-3-11(9-15-2)13-8-12-6-4-5-7-14(12)16-10-13/h4-8,10-11,15H,3,9H2,1-2H3. The molecule has 0 aliphatic rings. The number of aromatic nitrogens is 1. The molecule has 0 saturated carbocycles. The van der Waals surface area contributed by atoms with Crippen LogP contribution in [-0.4, -0.2) is 18.6 Å². The molecule has 2 aromatic rings. The van der Waals surface area contributed by atoms with Crippen molar-refractivity contribution in [1.82, 2.24) is 10.3 Å². The zero-order chi connectivity index (χ0) is 11.4. The normalized spacial score (nSPS) is 12.9. The minimum absolute atomic E-state index is 0.558. The van der Waals surface area contributed by atoms with Gasteiger partial charge in [0, 0.05) is 18.1 Å². The second-order valence-corrected chi connectivity index (χ2v) is 4.12. The summed E-state index contributed by atoms with van der Waals surface area (Å²) in [6.45, 7) is 3.23. The maximum absolute atomic E-state index is 4.50. The molecule has 2 rings (SSSR count). The molecule has 0 spiro atoms. The van der Waals surface area contributed by atoms with Crippen molar-refractivity contribution >= 4 is 10.9 Å². The molecule has 1 aromatic carbocycles. The topological polar surface area (TPSA) is 24.9 Å². The molecule has 1 aromatic heterocycles. The molecular formula is C14H18N2. The second-order valence-electron chi connectivity index (χ2n) is 4.12. The van der Waals surface area contributed by atoms with Crippen LogP contribution in [0.15, 0.2) is 36.5 Å². The Hall–Kier alpha value is -1.41. The minimum atomic E-state index is 0.558. The first-order valence-electron chi connectivity index (χ1n) is 5.84. The number of hydrogen-bond acceptors (Lipinski definition) is 2. The van der Waals surface area contributed by atoms with Crippen LogP contribution in [0.1, 0.15) is 24.8 Å². The van der Waals surface area contributed by atoms with E-state index in [9.17, 15) is 0 Å². The molecule has 0 aliphatic heterocycles. The highest BCUT2D eigenvalue weighted by atomic mass is 14.8. The zero-order valence-electron chi connectivity index (χ0n) is 9.90. The number of nitrogens with one attached hydrogen (secondary N) is 1. The van der Waals surface area contributed by atoms with Gasteiger partial charge >= 0.3 is 0 Å². The maximum atomic E-state index is 4.50. The van der Waals surface area contributed by atoms with Crippen LogP contribution in [0.5, 0.6) is 0 Å². The predicted molar refractivity (Wildman–Crippen MR) is 68.7 cm³/mol. The van der Waals surface area contributed by atoms with Crippen molar-refractivity contribution in [3.05, 3.63) is 42.1 Å². The average molecular weight is 214 g/mol. The average Bonchev–Trinajstić information content (AvgIpc) is 2.35. The van der Waals surface area contributed by atoms with Crippen LogP contribution >= 0.6 is 0 Å². The SMILES string of the molecule is CCC(CNC)c1cnc2ccccc2c1. The molecule has 1 N–H and O–H groups in total. The summed E-state index contributed by atoms with van der Waals surface area (Å²) in [4.78, 5) is 4.50. The number of likely N-dealkylation sites (N-methyl/N-ethyl adjacent to an activating group) is 1. The van der Waals surface area contributed by atoms with Gasteiger partial charge < -0.3 is 5.32 Å². The molecule has 0 amide bonds. The molecule has 1 heterocycles. The lowest BCUT2D eigenvalue weighted by molar-refractivity contribution is 0.611. The predicted octanol–water partition coefficient (Wildman–Crippen LogP) is 2.95. The summed E-state index contributed by atoms with van der Waals surface area (Å²) in [5, 5.41) is 4.47. The Balaban J connectivity index is 2.37. The van der Waals surface area contributed by atoms with Crippen molar-refractivity contribution < 1.29 is 0 Å². The largest absolute Gasteiger partial charge is 0.319 e. The summed E-state index contributed by atoms with van der Waals surface area (Å²) in [5.74, 6) is 0.558. The lowest BCUT2D eigenvalue weighted by atomic mass is 9.97. The molecule has 16 heavy (non-hydrogen) atoms. The van der Waals surface area contributed by atoms with Gasteiger partial charge in [0.25, 0.3) is 0 Å². The lowest BCUT2D eigenvalue weighted by Gasteiger charge is -2.14. The van der Waals surface area contributed by atoms with E-state index in [-0.39, 0.29) is 0 Å². The lowest BCUT2D eigenvalue weighted by Crippen LogP contribution is -2.16. The first-order chi connectivity index (χ1) is 7.85. The molecule has 0 aliphatic carbocycles. The Morgan fingerprint density at radius 1 is 1.31 bits per heavy atom. The van der Waals surface area contributed by atoms with E-state index < -0.39 is 0 Å². The van der Waals surface area contributed by atoms with Crippen LogP contribution in [0.3, 0.4) is 0 Å². The quantitative estimate of drug-likeness (QED) is 0.846. The van der Waals surface area contributed by atoms with Crippen LogP contribution in [0, 0.1) is 0 Å². The van der Waals surface area contributed by atoms with Crippen LogP contribution in [0.25, 0.3) is 10.9 Å². The van der Waals surface area contributed by atoms with E-state index in [1.54, 1.807) is 0 Å². The monoisotopic (exact) mass is 214 g/mol. The Kier molecular flexibility index (Phi) is 3.52. The Labute approximate surface area is 96.7 Å². The summed E-state index contributed by atoms with van der Waals surface area (Å²) >= 11 is 0. The van der Waals surface area contributed by atoms with Gasteiger partial charge in [0.2, 0.25) is 0 Å². The number of fused-ring (bicyclic) bond motifs is 1. The Bertz CT molecular complexity index is 465. The maximum Gasteiger partial charge on any atom is 0.0702 e. The highest BCUT2D eigenvalue weighted by molar-refractivity contribution is 5.78. The summed E-state index contributed by atoms with van der Waals surface area (Å²) in [6, 6.07) is 10.5. The molecule has 0 radical (unpaired) electrons. The van der Waals surface area contributed by atoms with Gasteiger partial charge in [0.15, 0.2) is 0 Å². The highest BCUT2D eigenvalue weighted by Crippen LogP contribution is 2.21. The van der Waals surface area contributed by atoms with E-state index in [2.05, 4.69) is 41.5 Å². The molecule has 2 nitrogen and oxygen atoms in total. The van der Waals surface area contributed by atoms with Crippen molar-refractivity contribution in [2.24, 2.45) is 0 Å². The van der Waals surface area contributed by atoms with Crippen LogP contribution in [0.4, 0.5) is 0 Å². The molecule has 0 bridgehead atoms. The van der Waals surface area contributed by atoms with Gasteiger partial charge in [0.1, 0.15) is 0 Å². The summed E-state index contributed by atoms with van der Waals surface area (Å²) < 4.78 is 0. The van der Waals surface area contributed by atoms with E-state index in [1.807, 2.05) is 19.3 Å². The fourth-order valence-electron chi connectivity index (χ4n) is 2.06. The van der Waals surface area contributed by atoms with Crippen LogP contribution in [-0.2, 0) is 0 Å². The fraction of sp³-hybridized carbons (Fsp3) is 0.357. The molecule has 0 saturated heterocycles. The van der Waals surface area contributed by atoms with Gasteiger partial charge in [0.05, 0.1) is 5.52 Å². The van der Waals surface area contributed by atoms with E-state index in [4.69, 9.17) is 0 Å². The van der Waals surface area contributed by atoms with E-state index in [0.29, 0.717) is 5.92 Å². The Morgan fingerprint density at radius 3 is 2.88 bits per heavy atom. The molecule has 2 heteroatoms. The summed E-state index contributed by atoms with van der Waals surface area (Å²) in [5.41, 5.74) is 2.40. The van der Waals surface area contributed by atoms with Crippen LogP contribution < -0.4 is 5.32 Å². The van der Waals surface area contributed by atoms with Gasteiger partial charge in [-0.25, -0.2) is 0 Å². The van der Waals surface area contributed by atoms with Gasteiger partial charge in [-0.05, 0) is 37.1 Å². The number of nitrogens with zero attached hydrogens (tertiary/aromatic N) is 1. The first kappa shape index (κ1) is 11.1. The van der Waals surface area contributed by atoms with Crippen molar-refractivity contribution in [2.75, 3.05) is 13.6 Å². The van der Waals surface area contributed by atoms with Crippen molar-refractivity contribution in [3.8, 4) is 0 Å². The molecule has 1 atom stereocenters. The van der Waals surface area contributed by atoms with Gasteiger partial charge in [-0.15, -0.1) is 0 Å². The third-order valence-electron chi connectivity index (χ3n) is 3.03. The van der Waals surface area contributed by atoms with E-state index in [0.717, 1.165) is 18.5 Å². The Morgan fingerprint density at radius 2 is 2.12 bits per heavy atom. The fourth-order valence-corrected chi connectivity index (χ4v) is 2.06.